The molecule has 6 nitrogen and oxygen atoms in total. The van der Waals surface area contributed by atoms with E-state index in [1.807, 2.05) is 19.1 Å². The molecule has 0 bridgehead atoms. The molecule has 1 aliphatic carbocycles. The fraction of sp³-hybridized carbons (Fsp3) is 0.500. The largest absolute Gasteiger partial charge is 0.493 e. The van der Waals surface area contributed by atoms with Gasteiger partial charge in [0.1, 0.15) is 5.54 Å². The monoisotopic (exact) mass is 361 g/mol. The molecule has 0 aliphatic heterocycles. The summed E-state index contributed by atoms with van der Waals surface area (Å²) in [5.74, 6) is 0.301. The number of ether oxygens (including phenoxy) is 3. The first-order chi connectivity index (χ1) is 12.5. The van der Waals surface area contributed by atoms with Gasteiger partial charge in [0, 0.05) is 11.1 Å². The van der Waals surface area contributed by atoms with Gasteiger partial charge in [-0.05, 0) is 31.9 Å². The van der Waals surface area contributed by atoms with Gasteiger partial charge in [-0.15, -0.1) is 0 Å². The van der Waals surface area contributed by atoms with Gasteiger partial charge in [0.2, 0.25) is 0 Å². The van der Waals surface area contributed by atoms with Crippen molar-refractivity contribution < 1.29 is 23.8 Å². The molecule has 1 aromatic rings. The lowest BCUT2D eigenvalue weighted by Crippen LogP contribution is -2.56. The van der Waals surface area contributed by atoms with Gasteiger partial charge in [0.05, 0.1) is 21.3 Å². The van der Waals surface area contributed by atoms with Crippen LogP contribution in [0.15, 0.2) is 18.2 Å². The molecule has 0 aromatic heterocycles. The second kappa shape index (κ2) is 8.74. The summed E-state index contributed by atoms with van der Waals surface area (Å²) in [6.45, 7) is 1.88. The Morgan fingerprint density at radius 1 is 1.08 bits per heavy atom. The molecule has 0 radical (unpaired) electrons. The molecule has 0 heterocycles. The Kier molecular flexibility index (Phi) is 6.66. The molecule has 2 rings (SSSR count). The third-order valence-corrected chi connectivity index (χ3v) is 4.75. The summed E-state index contributed by atoms with van der Waals surface area (Å²) in [6.07, 6.45) is 7.68. The second-order valence-electron chi connectivity index (χ2n) is 6.39. The van der Waals surface area contributed by atoms with E-state index in [1.54, 1.807) is 19.2 Å². The maximum atomic E-state index is 12.9. The molecule has 26 heavy (non-hydrogen) atoms. The predicted octanol–water partition coefficient (Wildman–Crippen LogP) is 3.34. The van der Waals surface area contributed by atoms with Crippen LogP contribution >= 0.6 is 0 Å². The minimum absolute atomic E-state index is 0.330. The molecule has 1 aliphatic rings. The normalized spacial score (nSPS) is 16.2. The highest BCUT2D eigenvalue weighted by Gasteiger charge is 2.42. The molecule has 1 saturated carbocycles. The first-order valence-electron chi connectivity index (χ1n) is 8.81. The minimum atomic E-state index is -0.960. The number of methoxy groups -OCH3 is 3. The molecule has 142 valence electrons. The Bertz CT molecular complexity index is 690. The number of amides is 1. The molecule has 6 heteroatoms. The highest BCUT2D eigenvalue weighted by atomic mass is 16.5. The van der Waals surface area contributed by atoms with Crippen LogP contribution in [0.1, 0.15) is 54.9 Å². The lowest BCUT2D eigenvalue weighted by atomic mass is 9.81. The van der Waals surface area contributed by atoms with E-state index in [0.29, 0.717) is 29.9 Å². The van der Waals surface area contributed by atoms with Crippen molar-refractivity contribution >= 4 is 18.0 Å². The van der Waals surface area contributed by atoms with Crippen LogP contribution in [0.5, 0.6) is 11.5 Å². The molecule has 0 saturated heterocycles. The van der Waals surface area contributed by atoms with Gasteiger partial charge in [-0.2, -0.15) is 0 Å². The van der Waals surface area contributed by atoms with Crippen LogP contribution in [0, 0.1) is 0 Å². The zero-order valence-electron chi connectivity index (χ0n) is 15.9. The molecular formula is C20H27NO5. The van der Waals surface area contributed by atoms with Crippen molar-refractivity contribution in [1.82, 2.24) is 5.32 Å². The van der Waals surface area contributed by atoms with Gasteiger partial charge in [-0.1, -0.05) is 31.4 Å². The number of carbonyl (C=O) groups excluding carboxylic acids is 2. The van der Waals surface area contributed by atoms with Crippen LogP contribution in [0.3, 0.4) is 0 Å². The summed E-state index contributed by atoms with van der Waals surface area (Å²) in [4.78, 5) is 25.3. The summed E-state index contributed by atoms with van der Waals surface area (Å²) in [6, 6.07) is 3.35. The minimum Gasteiger partial charge on any atom is -0.493 e. The van der Waals surface area contributed by atoms with Gasteiger partial charge >= 0.3 is 5.97 Å². The van der Waals surface area contributed by atoms with Crippen molar-refractivity contribution in [3.05, 3.63) is 29.3 Å². The number of hydrogen-bond donors (Lipinski definition) is 1. The van der Waals surface area contributed by atoms with E-state index in [0.717, 1.165) is 24.8 Å². The van der Waals surface area contributed by atoms with E-state index in [4.69, 9.17) is 14.2 Å². The van der Waals surface area contributed by atoms with Crippen molar-refractivity contribution in [2.24, 2.45) is 0 Å². The molecule has 1 N–H and O–H groups in total. The number of carbonyl (C=O) groups is 2. The number of hydrogen-bond acceptors (Lipinski definition) is 5. The molecule has 1 amide bonds. The predicted molar refractivity (Wildman–Crippen MR) is 99.6 cm³/mol. The SMILES string of the molecule is C/C=C\c1cc(C(=O)NC2(C(=O)OC)CCCCC2)cc(OC)c1OC. The van der Waals surface area contributed by atoms with Crippen molar-refractivity contribution in [3.8, 4) is 11.5 Å². The van der Waals surface area contributed by atoms with E-state index < -0.39 is 5.54 Å². The smallest absolute Gasteiger partial charge is 0.331 e. The second-order valence-corrected chi connectivity index (χ2v) is 6.39. The Morgan fingerprint density at radius 3 is 2.31 bits per heavy atom. The number of allylic oxidation sites excluding steroid dienone is 1. The summed E-state index contributed by atoms with van der Waals surface area (Å²) in [5.41, 5.74) is 0.178. The van der Waals surface area contributed by atoms with Crippen LogP contribution in [0.4, 0.5) is 0 Å². The molecule has 0 spiro atoms. The molecule has 1 fully saturated rings. The summed E-state index contributed by atoms with van der Waals surface area (Å²) >= 11 is 0. The molecule has 1 aromatic carbocycles. The number of nitrogens with one attached hydrogen (secondary N) is 1. The van der Waals surface area contributed by atoms with Gasteiger partial charge in [-0.25, -0.2) is 4.79 Å². The van der Waals surface area contributed by atoms with Crippen molar-refractivity contribution in [2.75, 3.05) is 21.3 Å². The van der Waals surface area contributed by atoms with E-state index in [9.17, 15) is 9.59 Å². The van der Waals surface area contributed by atoms with Crippen LogP contribution in [0.2, 0.25) is 0 Å². The average Bonchev–Trinajstić information content (AvgIpc) is 2.67. The topological polar surface area (TPSA) is 73.9 Å². The van der Waals surface area contributed by atoms with E-state index in [1.165, 1.54) is 14.2 Å². The average molecular weight is 361 g/mol. The van der Waals surface area contributed by atoms with Crippen LogP contribution in [-0.4, -0.2) is 38.7 Å². The zero-order valence-corrected chi connectivity index (χ0v) is 15.9. The highest BCUT2D eigenvalue weighted by Crippen LogP contribution is 2.34. The quantitative estimate of drug-likeness (QED) is 0.787. The van der Waals surface area contributed by atoms with E-state index in [2.05, 4.69) is 5.32 Å². The van der Waals surface area contributed by atoms with Crippen LogP contribution < -0.4 is 14.8 Å². The summed E-state index contributed by atoms with van der Waals surface area (Å²) < 4.78 is 15.7. The Morgan fingerprint density at radius 2 is 1.77 bits per heavy atom. The number of benzene rings is 1. The number of rotatable bonds is 6. The third-order valence-electron chi connectivity index (χ3n) is 4.75. The van der Waals surface area contributed by atoms with Crippen molar-refractivity contribution in [1.29, 1.82) is 0 Å². The van der Waals surface area contributed by atoms with Gasteiger partial charge in [0.25, 0.3) is 5.91 Å². The molecule has 0 atom stereocenters. The number of esters is 1. The van der Waals surface area contributed by atoms with Crippen molar-refractivity contribution in [3.63, 3.8) is 0 Å². The maximum Gasteiger partial charge on any atom is 0.331 e. The Labute approximate surface area is 154 Å². The van der Waals surface area contributed by atoms with E-state index >= 15 is 0 Å². The lowest BCUT2D eigenvalue weighted by molar-refractivity contribution is -0.149. The summed E-state index contributed by atoms with van der Waals surface area (Å²) in [5, 5.41) is 2.92. The van der Waals surface area contributed by atoms with E-state index in [-0.39, 0.29) is 11.9 Å². The lowest BCUT2D eigenvalue weighted by Gasteiger charge is -2.35. The maximum absolute atomic E-state index is 12.9. The Hall–Kier alpha value is -2.50. The fourth-order valence-corrected chi connectivity index (χ4v) is 3.45. The third kappa shape index (κ3) is 4.00. The summed E-state index contributed by atoms with van der Waals surface area (Å²) in [7, 11) is 4.43. The van der Waals surface area contributed by atoms with Gasteiger partial charge < -0.3 is 19.5 Å². The van der Waals surface area contributed by atoms with Crippen molar-refractivity contribution in [2.45, 2.75) is 44.6 Å². The standard InChI is InChI=1S/C20H27NO5/c1-5-9-14-12-15(13-16(24-2)17(14)25-3)18(22)21-20(19(23)26-4)10-7-6-8-11-20/h5,9,12-13H,6-8,10-11H2,1-4H3,(H,21,22)/b9-5-. The fourth-order valence-electron chi connectivity index (χ4n) is 3.45. The molecule has 0 unspecified atom stereocenters. The first-order valence-corrected chi connectivity index (χ1v) is 8.81. The van der Waals surface area contributed by atoms with Gasteiger partial charge in [-0.3, -0.25) is 4.79 Å². The van der Waals surface area contributed by atoms with Crippen LogP contribution in [-0.2, 0) is 9.53 Å². The first kappa shape index (κ1) is 19.8. The highest BCUT2D eigenvalue weighted by molar-refractivity contribution is 5.99. The Balaban J connectivity index is 2.38. The zero-order chi connectivity index (χ0) is 19.2. The van der Waals surface area contributed by atoms with Crippen LogP contribution in [0.25, 0.3) is 6.08 Å². The molecular weight excluding hydrogens is 334 g/mol. The van der Waals surface area contributed by atoms with Gasteiger partial charge in [0.15, 0.2) is 11.5 Å².